The minimum Gasteiger partial charge on any atom is -0.488 e. The van der Waals surface area contributed by atoms with Crippen LogP contribution in [0.4, 0.5) is 0 Å². The molecule has 4 rings (SSSR count). The van der Waals surface area contributed by atoms with E-state index in [2.05, 4.69) is 6.92 Å². The maximum atomic E-state index is 12.7. The summed E-state index contributed by atoms with van der Waals surface area (Å²) in [5.74, 6) is 0.591. The molecule has 0 aromatic heterocycles. The van der Waals surface area contributed by atoms with E-state index in [1.807, 2.05) is 13.8 Å². The molecule has 0 unspecified atom stereocenters. The molecule has 0 aromatic carbocycles. The zero-order chi connectivity index (χ0) is 15.9. The number of rotatable bonds is 1. The van der Waals surface area contributed by atoms with Crippen molar-refractivity contribution in [1.29, 1.82) is 0 Å². The van der Waals surface area contributed by atoms with E-state index in [9.17, 15) is 15.0 Å². The van der Waals surface area contributed by atoms with Crippen molar-refractivity contribution in [3.63, 3.8) is 0 Å². The van der Waals surface area contributed by atoms with Crippen molar-refractivity contribution in [1.82, 2.24) is 0 Å². The Balaban J connectivity index is 1.74. The van der Waals surface area contributed by atoms with Crippen LogP contribution in [0.5, 0.6) is 0 Å². The molecule has 0 amide bonds. The van der Waals surface area contributed by atoms with E-state index in [0.717, 1.165) is 12.8 Å². The maximum absolute atomic E-state index is 12.7. The van der Waals surface area contributed by atoms with Crippen LogP contribution in [0.25, 0.3) is 0 Å². The van der Waals surface area contributed by atoms with Crippen LogP contribution < -0.4 is 0 Å². The monoisotopic (exact) mass is 308 g/mol. The predicted octanol–water partition coefficient (Wildman–Crippen LogP) is 1.32. The quantitative estimate of drug-likeness (QED) is 0.764. The number of aliphatic hydroxyl groups is 2. The van der Waals surface area contributed by atoms with Crippen molar-refractivity contribution in [2.24, 2.45) is 11.8 Å². The van der Waals surface area contributed by atoms with Gasteiger partial charge >= 0.3 is 0 Å². The topological polar surface area (TPSA) is 76.0 Å². The molecule has 2 fully saturated rings. The highest BCUT2D eigenvalue weighted by Gasteiger charge is 2.60. The molecule has 22 heavy (non-hydrogen) atoms. The average Bonchev–Trinajstić information content (AvgIpc) is 2.94. The van der Waals surface area contributed by atoms with Crippen molar-refractivity contribution in [2.45, 2.75) is 69.4 Å². The maximum Gasteiger partial charge on any atom is 0.196 e. The predicted molar refractivity (Wildman–Crippen MR) is 78.0 cm³/mol. The fourth-order valence-corrected chi connectivity index (χ4v) is 4.95. The summed E-state index contributed by atoms with van der Waals surface area (Å²) in [6.45, 7) is 5.79. The Kier molecular flexibility index (Phi) is 2.76. The van der Waals surface area contributed by atoms with Crippen LogP contribution in [0, 0.1) is 11.8 Å². The molecule has 2 aliphatic heterocycles. The van der Waals surface area contributed by atoms with Crippen LogP contribution in [-0.4, -0.2) is 45.5 Å². The Morgan fingerprint density at radius 1 is 1.36 bits per heavy atom. The standard InChI is InChI=1S/C17H24O5/c1-15(2,19)10-4-5-16(3)11(10)6-9-13(22-16)12-7-17(20,8-21-12)14(9)18/h10-12,19-20H,4-8H2,1-3H3/t10-,11+,12+,16-,17-/m0/s1. The molecule has 0 aromatic rings. The summed E-state index contributed by atoms with van der Waals surface area (Å²) in [7, 11) is 0. The molecule has 1 saturated heterocycles. The Morgan fingerprint density at radius 2 is 2.09 bits per heavy atom. The molecule has 5 atom stereocenters. The molecule has 2 N–H and O–H groups in total. The van der Waals surface area contributed by atoms with Gasteiger partial charge in [-0.1, -0.05) is 0 Å². The third kappa shape index (κ3) is 1.79. The van der Waals surface area contributed by atoms with E-state index >= 15 is 0 Å². The summed E-state index contributed by atoms with van der Waals surface area (Å²) in [6, 6.07) is 0. The first-order chi connectivity index (χ1) is 10.1. The molecule has 2 bridgehead atoms. The van der Waals surface area contributed by atoms with Crippen LogP contribution in [0.3, 0.4) is 0 Å². The number of hydrogen-bond donors (Lipinski definition) is 2. The van der Waals surface area contributed by atoms with E-state index in [1.165, 1.54) is 0 Å². The van der Waals surface area contributed by atoms with Crippen LogP contribution in [-0.2, 0) is 14.3 Å². The molecule has 0 spiro atoms. The van der Waals surface area contributed by atoms with Gasteiger partial charge in [0.2, 0.25) is 0 Å². The van der Waals surface area contributed by atoms with Crippen molar-refractivity contribution >= 4 is 5.78 Å². The van der Waals surface area contributed by atoms with Gasteiger partial charge in [0.15, 0.2) is 11.4 Å². The SMILES string of the molecule is CC(C)(O)[C@H]1CC[C@]2(C)OC3=C(C[C@H]12)C(=O)[C@@]1(O)CO[C@@H]3C1. The Hall–Kier alpha value is -0.910. The third-order valence-electron chi connectivity index (χ3n) is 6.23. The average molecular weight is 308 g/mol. The van der Waals surface area contributed by atoms with Crippen LogP contribution in [0.1, 0.15) is 46.5 Å². The minimum atomic E-state index is -1.37. The minimum absolute atomic E-state index is 0.0587. The number of fused-ring (bicyclic) bond motifs is 4. The second-order valence-electron chi connectivity index (χ2n) is 8.23. The van der Waals surface area contributed by atoms with E-state index in [0.29, 0.717) is 24.2 Å². The summed E-state index contributed by atoms with van der Waals surface area (Å²) < 4.78 is 11.9. The molecule has 2 aliphatic carbocycles. The lowest BCUT2D eigenvalue weighted by Gasteiger charge is -2.45. The van der Waals surface area contributed by atoms with Gasteiger partial charge in [-0.25, -0.2) is 0 Å². The van der Waals surface area contributed by atoms with Crippen molar-refractivity contribution in [2.75, 3.05) is 6.61 Å². The second-order valence-corrected chi connectivity index (χ2v) is 8.23. The van der Waals surface area contributed by atoms with Crippen molar-refractivity contribution < 1.29 is 24.5 Å². The van der Waals surface area contributed by atoms with Gasteiger partial charge in [-0.2, -0.15) is 0 Å². The fourth-order valence-electron chi connectivity index (χ4n) is 4.95. The lowest BCUT2D eigenvalue weighted by atomic mass is 9.70. The molecule has 5 nitrogen and oxygen atoms in total. The number of carbonyl (C=O) groups excluding carboxylic acids is 1. The molecule has 1 saturated carbocycles. The zero-order valence-electron chi connectivity index (χ0n) is 13.4. The highest BCUT2D eigenvalue weighted by atomic mass is 16.6. The first kappa shape index (κ1) is 14.7. The molecule has 2 heterocycles. The Labute approximate surface area is 130 Å². The van der Waals surface area contributed by atoms with Crippen molar-refractivity contribution in [3.05, 3.63) is 11.3 Å². The summed E-state index contributed by atoms with van der Waals surface area (Å²) in [5.41, 5.74) is -1.93. The van der Waals surface area contributed by atoms with E-state index in [-0.39, 0.29) is 35.9 Å². The second kappa shape index (κ2) is 4.13. The van der Waals surface area contributed by atoms with Gasteiger partial charge in [-0.05, 0) is 46.0 Å². The summed E-state index contributed by atoms with van der Waals surface area (Å²) >= 11 is 0. The summed E-state index contributed by atoms with van der Waals surface area (Å²) in [4.78, 5) is 12.7. The van der Waals surface area contributed by atoms with E-state index in [4.69, 9.17) is 9.47 Å². The van der Waals surface area contributed by atoms with E-state index in [1.54, 1.807) is 0 Å². The van der Waals surface area contributed by atoms with Gasteiger partial charge in [-0.3, -0.25) is 4.79 Å². The molecule has 122 valence electrons. The smallest absolute Gasteiger partial charge is 0.196 e. The molecule has 5 heteroatoms. The molecular weight excluding hydrogens is 284 g/mol. The molecule has 0 radical (unpaired) electrons. The van der Waals surface area contributed by atoms with Gasteiger partial charge in [-0.15, -0.1) is 0 Å². The zero-order valence-corrected chi connectivity index (χ0v) is 13.4. The first-order valence-corrected chi connectivity index (χ1v) is 8.17. The van der Waals surface area contributed by atoms with Gasteiger partial charge in [0.1, 0.15) is 17.5 Å². The van der Waals surface area contributed by atoms with Crippen molar-refractivity contribution in [3.8, 4) is 0 Å². The number of hydrogen-bond acceptors (Lipinski definition) is 5. The van der Waals surface area contributed by atoms with Gasteiger partial charge in [0.25, 0.3) is 0 Å². The Morgan fingerprint density at radius 3 is 2.77 bits per heavy atom. The lowest BCUT2D eigenvalue weighted by molar-refractivity contribution is -0.137. The summed E-state index contributed by atoms with van der Waals surface area (Å²) in [6.07, 6.45) is 2.34. The van der Waals surface area contributed by atoms with Gasteiger partial charge in [0.05, 0.1) is 12.2 Å². The third-order valence-corrected chi connectivity index (χ3v) is 6.23. The normalized spacial score (nSPS) is 47.3. The first-order valence-electron chi connectivity index (χ1n) is 8.17. The molecular formula is C17H24O5. The van der Waals surface area contributed by atoms with E-state index < -0.39 is 11.2 Å². The fraction of sp³-hybridized carbons (Fsp3) is 0.824. The Bertz CT molecular complexity index is 574. The van der Waals surface area contributed by atoms with Gasteiger partial charge in [0, 0.05) is 17.9 Å². The lowest BCUT2D eigenvalue weighted by Crippen LogP contribution is -2.51. The number of carbonyl (C=O) groups is 1. The highest BCUT2D eigenvalue weighted by molar-refractivity contribution is 6.04. The highest BCUT2D eigenvalue weighted by Crippen LogP contribution is 2.56. The van der Waals surface area contributed by atoms with Gasteiger partial charge < -0.3 is 19.7 Å². The molecule has 4 aliphatic rings. The number of Topliss-reactive ketones (excluding diaryl/α,β-unsaturated/α-hetero) is 1. The number of ketones is 1. The summed E-state index contributed by atoms with van der Waals surface area (Å²) in [5, 5.41) is 20.9. The largest absolute Gasteiger partial charge is 0.488 e. The van der Waals surface area contributed by atoms with Crippen LogP contribution in [0.2, 0.25) is 0 Å². The van der Waals surface area contributed by atoms with Crippen LogP contribution in [0.15, 0.2) is 11.3 Å². The number of ether oxygens (including phenoxy) is 2. The van der Waals surface area contributed by atoms with Crippen LogP contribution >= 0.6 is 0 Å².